The molecule has 0 aromatic heterocycles. The molecule has 0 heterocycles. The van der Waals surface area contributed by atoms with Gasteiger partial charge in [0.25, 0.3) is 0 Å². The largest absolute Gasteiger partial charge is 0.374 e. The second-order valence-electron chi connectivity index (χ2n) is 3.34. The highest BCUT2D eigenvalue weighted by molar-refractivity contribution is 14.1. The minimum absolute atomic E-state index is 0.454. The van der Waals surface area contributed by atoms with Crippen LogP contribution in [0, 0.1) is 0 Å². The van der Waals surface area contributed by atoms with Gasteiger partial charge in [0.2, 0.25) is 0 Å². The van der Waals surface area contributed by atoms with E-state index in [1.165, 1.54) is 19.3 Å². The topological polar surface area (TPSA) is 9.23 Å². The smallest absolute Gasteiger partial charge is 0.0696 e. The molecule has 66 valence electrons. The number of rotatable bonds is 3. The summed E-state index contributed by atoms with van der Waals surface area (Å²) in [6.07, 6.45) is 6.12. The fourth-order valence-electron chi connectivity index (χ4n) is 1.43. The molecule has 0 aliphatic heterocycles. The Morgan fingerprint density at radius 1 is 1.55 bits per heavy atom. The van der Waals surface area contributed by atoms with E-state index < -0.39 is 0 Å². The number of ether oxygens (including phenoxy) is 1. The van der Waals surface area contributed by atoms with Gasteiger partial charge in [0.1, 0.15) is 0 Å². The molecule has 0 N–H and O–H groups in total. The van der Waals surface area contributed by atoms with E-state index >= 15 is 0 Å². The maximum absolute atomic E-state index is 5.87. The van der Waals surface area contributed by atoms with Gasteiger partial charge in [0.15, 0.2) is 0 Å². The van der Waals surface area contributed by atoms with Gasteiger partial charge in [0, 0.05) is 3.92 Å². The van der Waals surface area contributed by atoms with Crippen molar-refractivity contribution < 1.29 is 4.74 Å². The zero-order chi connectivity index (χ0) is 8.27. The van der Waals surface area contributed by atoms with Gasteiger partial charge in [-0.3, -0.25) is 0 Å². The number of alkyl halides is 1. The van der Waals surface area contributed by atoms with E-state index in [4.69, 9.17) is 4.74 Å². The van der Waals surface area contributed by atoms with Crippen LogP contribution in [0.25, 0.3) is 0 Å². The average Bonchev–Trinajstić information content (AvgIpc) is 2.37. The third-order valence-electron chi connectivity index (χ3n) is 2.35. The zero-order valence-electron chi connectivity index (χ0n) is 7.35. The highest BCUT2D eigenvalue weighted by Gasteiger charge is 2.26. The van der Waals surface area contributed by atoms with Gasteiger partial charge in [-0.25, -0.2) is 0 Å². The minimum atomic E-state index is 0.454. The molecule has 3 unspecified atom stereocenters. The number of halogens is 1. The highest BCUT2D eigenvalue weighted by atomic mass is 127. The first-order valence-corrected chi connectivity index (χ1v) is 5.78. The maximum atomic E-state index is 5.87. The molecular formula is C9H17IO. The van der Waals surface area contributed by atoms with Crippen molar-refractivity contribution >= 4 is 22.6 Å². The molecule has 0 spiro atoms. The summed E-state index contributed by atoms with van der Waals surface area (Å²) in [5, 5.41) is 0. The van der Waals surface area contributed by atoms with Crippen LogP contribution >= 0.6 is 22.6 Å². The third-order valence-corrected chi connectivity index (χ3v) is 3.78. The fourth-order valence-corrected chi connectivity index (χ4v) is 2.40. The normalized spacial score (nSPS) is 34.1. The Labute approximate surface area is 83.0 Å². The molecule has 3 atom stereocenters. The standard InChI is InChI=1S/C9H17IO/c1-3-7(2)11-9-6-4-5-8(9)10/h7-9H,3-6H2,1-2H3. The molecule has 1 aliphatic rings. The van der Waals surface area contributed by atoms with Gasteiger partial charge in [-0.2, -0.15) is 0 Å². The van der Waals surface area contributed by atoms with Crippen molar-refractivity contribution in [1.29, 1.82) is 0 Å². The van der Waals surface area contributed by atoms with E-state index in [0.717, 1.165) is 10.3 Å². The van der Waals surface area contributed by atoms with Gasteiger partial charge in [-0.1, -0.05) is 29.5 Å². The predicted molar refractivity (Wildman–Crippen MR) is 56.3 cm³/mol. The average molecular weight is 268 g/mol. The first-order chi connectivity index (χ1) is 5.24. The lowest BCUT2D eigenvalue weighted by Crippen LogP contribution is -2.22. The minimum Gasteiger partial charge on any atom is -0.374 e. The van der Waals surface area contributed by atoms with Crippen molar-refractivity contribution in [1.82, 2.24) is 0 Å². The SMILES string of the molecule is CCC(C)OC1CCCC1I. The zero-order valence-corrected chi connectivity index (χ0v) is 9.50. The molecule has 2 heteroatoms. The summed E-state index contributed by atoms with van der Waals surface area (Å²) in [5.41, 5.74) is 0. The van der Waals surface area contributed by atoms with E-state index in [1.807, 2.05) is 0 Å². The van der Waals surface area contributed by atoms with E-state index in [0.29, 0.717) is 12.2 Å². The molecule has 1 fully saturated rings. The van der Waals surface area contributed by atoms with Gasteiger partial charge in [0.05, 0.1) is 12.2 Å². The summed E-state index contributed by atoms with van der Waals surface area (Å²) < 4.78 is 6.63. The molecule has 11 heavy (non-hydrogen) atoms. The molecule has 0 aromatic carbocycles. The van der Waals surface area contributed by atoms with E-state index in [9.17, 15) is 0 Å². The summed E-state index contributed by atoms with van der Waals surface area (Å²) in [6.45, 7) is 4.35. The van der Waals surface area contributed by atoms with E-state index in [-0.39, 0.29) is 0 Å². The maximum Gasteiger partial charge on any atom is 0.0696 e. The summed E-state index contributed by atoms with van der Waals surface area (Å²) in [4.78, 5) is 0. The highest BCUT2D eigenvalue weighted by Crippen LogP contribution is 2.29. The van der Waals surface area contributed by atoms with Crippen LogP contribution in [-0.4, -0.2) is 16.1 Å². The Kier molecular flexibility index (Phi) is 4.13. The summed E-state index contributed by atoms with van der Waals surface area (Å²) in [5.74, 6) is 0. The van der Waals surface area contributed by atoms with Crippen LogP contribution in [0.5, 0.6) is 0 Å². The van der Waals surface area contributed by atoms with Crippen molar-refractivity contribution in [3.05, 3.63) is 0 Å². The lowest BCUT2D eigenvalue weighted by Gasteiger charge is -2.19. The van der Waals surface area contributed by atoms with E-state index in [2.05, 4.69) is 36.4 Å². The van der Waals surface area contributed by atoms with Crippen LogP contribution in [0.1, 0.15) is 39.5 Å². The predicted octanol–water partition coefficient (Wildman–Crippen LogP) is 3.16. The monoisotopic (exact) mass is 268 g/mol. The number of hydrogen-bond acceptors (Lipinski definition) is 1. The quantitative estimate of drug-likeness (QED) is 0.564. The molecular weight excluding hydrogens is 251 g/mol. The van der Waals surface area contributed by atoms with Gasteiger partial charge in [-0.15, -0.1) is 0 Å². The van der Waals surface area contributed by atoms with Crippen LogP contribution in [0.4, 0.5) is 0 Å². The third kappa shape index (κ3) is 2.90. The summed E-state index contributed by atoms with van der Waals surface area (Å²) >= 11 is 2.52. The van der Waals surface area contributed by atoms with Gasteiger partial charge in [-0.05, 0) is 32.6 Å². The summed E-state index contributed by atoms with van der Waals surface area (Å²) in [7, 11) is 0. The molecule has 0 saturated heterocycles. The molecule has 1 rings (SSSR count). The van der Waals surface area contributed by atoms with E-state index in [1.54, 1.807) is 0 Å². The lowest BCUT2D eigenvalue weighted by molar-refractivity contribution is 0.00550. The van der Waals surface area contributed by atoms with Crippen LogP contribution in [-0.2, 0) is 4.74 Å². The Morgan fingerprint density at radius 3 is 2.73 bits per heavy atom. The van der Waals surface area contributed by atoms with Crippen LogP contribution in [0.2, 0.25) is 0 Å². The molecule has 0 aromatic rings. The van der Waals surface area contributed by atoms with Crippen LogP contribution in [0.15, 0.2) is 0 Å². The van der Waals surface area contributed by atoms with Crippen LogP contribution < -0.4 is 0 Å². The molecule has 1 nitrogen and oxygen atoms in total. The number of hydrogen-bond donors (Lipinski definition) is 0. The van der Waals surface area contributed by atoms with Crippen molar-refractivity contribution in [2.24, 2.45) is 0 Å². The molecule has 0 radical (unpaired) electrons. The van der Waals surface area contributed by atoms with Crippen molar-refractivity contribution in [2.45, 2.75) is 55.7 Å². The summed E-state index contributed by atoms with van der Waals surface area (Å²) in [6, 6.07) is 0. The van der Waals surface area contributed by atoms with Crippen molar-refractivity contribution in [3.8, 4) is 0 Å². The van der Waals surface area contributed by atoms with Crippen molar-refractivity contribution in [2.75, 3.05) is 0 Å². The van der Waals surface area contributed by atoms with Gasteiger partial charge < -0.3 is 4.74 Å². The Bertz CT molecular complexity index is 116. The molecule has 0 amide bonds. The Morgan fingerprint density at radius 2 is 2.27 bits per heavy atom. The molecule has 1 saturated carbocycles. The Balaban J connectivity index is 2.24. The second kappa shape index (κ2) is 4.65. The van der Waals surface area contributed by atoms with Crippen LogP contribution in [0.3, 0.4) is 0 Å². The first-order valence-electron chi connectivity index (χ1n) is 4.53. The molecule has 1 aliphatic carbocycles. The van der Waals surface area contributed by atoms with Gasteiger partial charge >= 0.3 is 0 Å². The lowest BCUT2D eigenvalue weighted by atomic mass is 10.2. The fraction of sp³-hybridized carbons (Fsp3) is 1.00. The Hall–Kier alpha value is 0.690. The second-order valence-corrected chi connectivity index (χ2v) is 4.94. The van der Waals surface area contributed by atoms with Crippen molar-refractivity contribution in [3.63, 3.8) is 0 Å². The first kappa shape index (κ1) is 9.78. The molecule has 0 bridgehead atoms.